The molecule has 7 heteroatoms. The Morgan fingerprint density at radius 3 is 3.00 bits per heavy atom. The van der Waals surface area contributed by atoms with E-state index in [1.165, 1.54) is 0 Å². The third-order valence-corrected chi connectivity index (χ3v) is 2.63. The van der Waals surface area contributed by atoms with Crippen molar-refractivity contribution in [1.82, 2.24) is 15.1 Å². The zero-order chi connectivity index (χ0) is 13.0. The van der Waals surface area contributed by atoms with Crippen LogP contribution in [0.2, 0.25) is 0 Å². The number of nitrogens with zero attached hydrogens (tertiary/aromatic N) is 4. The first-order chi connectivity index (χ1) is 8.69. The van der Waals surface area contributed by atoms with Crippen LogP contribution in [0.15, 0.2) is 27.3 Å². The topological polar surface area (TPSA) is 95.8 Å². The van der Waals surface area contributed by atoms with Gasteiger partial charge in [0.1, 0.15) is 5.69 Å². The van der Waals surface area contributed by atoms with Gasteiger partial charge < -0.3 is 9.63 Å². The highest BCUT2D eigenvalue weighted by atomic mass is 79.9. The van der Waals surface area contributed by atoms with Crippen LogP contribution in [-0.4, -0.2) is 26.3 Å². The lowest BCUT2D eigenvalue weighted by Gasteiger charge is -1.99. The molecule has 0 aliphatic rings. The van der Waals surface area contributed by atoms with Crippen LogP contribution in [0.4, 0.5) is 0 Å². The highest BCUT2D eigenvalue weighted by Crippen LogP contribution is 2.16. The molecule has 6 nitrogen and oxygen atoms in total. The molecule has 0 saturated carbocycles. The summed E-state index contributed by atoms with van der Waals surface area (Å²) in [6.45, 7) is 0. The maximum absolute atomic E-state index is 9.45. The van der Waals surface area contributed by atoms with E-state index < -0.39 is 6.10 Å². The molecule has 2 aromatic heterocycles. The van der Waals surface area contributed by atoms with Crippen molar-refractivity contribution in [2.75, 3.05) is 0 Å². The number of hydrogen-bond donors (Lipinski definition) is 1. The lowest BCUT2D eigenvalue weighted by molar-refractivity contribution is 0.167. The molecule has 1 unspecified atom stereocenters. The Labute approximate surface area is 111 Å². The van der Waals surface area contributed by atoms with Gasteiger partial charge in [-0.15, -0.1) is 0 Å². The van der Waals surface area contributed by atoms with Gasteiger partial charge in [-0.3, -0.25) is 4.98 Å². The van der Waals surface area contributed by atoms with E-state index in [1.807, 2.05) is 12.1 Å². The first-order valence-electron chi connectivity index (χ1n) is 5.18. The number of aliphatic hydroxyl groups excluding tert-OH is 1. The zero-order valence-electron chi connectivity index (χ0n) is 9.25. The Morgan fingerprint density at radius 1 is 1.50 bits per heavy atom. The number of rotatable bonds is 4. The van der Waals surface area contributed by atoms with E-state index in [1.54, 1.807) is 12.3 Å². The van der Waals surface area contributed by atoms with Crippen LogP contribution in [0.5, 0.6) is 0 Å². The van der Waals surface area contributed by atoms with E-state index >= 15 is 0 Å². The Morgan fingerprint density at radius 2 is 2.33 bits per heavy atom. The van der Waals surface area contributed by atoms with Crippen molar-refractivity contribution in [3.63, 3.8) is 0 Å². The highest BCUT2D eigenvalue weighted by molar-refractivity contribution is 9.10. The minimum Gasteiger partial charge on any atom is -0.392 e. The van der Waals surface area contributed by atoms with Gasteiger partial charge in [0.05, 0.1) is 25.0 Å². The van der Waals surface area contributed by atoms with Crippen molar-refractivity contribution in [2.45, 2.75) is 18.9 Å². The van der Waals surface area contributed by atoms with Crippen LogP contribution in [0, 0.1) is 11.3 Å². The van der Waals surface area contributed by atoms with Crippen molar-refractivity contribution >= 4 is 15.9 Å². The average molecular weight is 309 g/mol. The van der Waals surface area contributed by atoms with Crippen LogP contribution < -0.4 is 0 Å². The summed E-state index contributed by atoms with van der Waals surface area (Å²) in [5.41, 5.74) is 0.586. The van der Waals surface area contributed by atoms with Gasteiger partial charge >= 0.3 is 0 Å². The van der Waals surface area contributed by atoms with Crippen molar-refractivity contribution in [3.8, 4) is 17.6 Å². The molecule has 0 radical (unpaired) electrons. The summed E-state index contributed by atoms with van der Waals surface area (Å²) in [7, 11) is 0. The molecule has 1 atom stereocenters. The second-order valence-electron chi connectivity index (χ2n) is 3.59. The lowest BCUT2D eigenvalue weighted by Crippen LogP contribution is -2.09. The standard InChI is InChI=1S/C11H9BrN4O2/c12-7-1-2-9(14-6-7)11-15-10(18-16-11)5-8(17)3-4-13/h1-2,6,8,17H,3,5H2. The number of hydrogen-bond acceptors (Lipinski definition) is 6. The molecule has 0 bridgehead atoms. The fraction of sp³-hybridized carbons (Fsp3) is 0.273. The van der Waals surface area contributed by atoms with Gasteiger partial charge in [0.25, 0.3) is 0 Å². The molecule has 0 aliphatic carbocycles. The smallest absolute Gasteiger partial charge is 0.229 e. The zero-order valence-corrected chi connectivity index (χ0v) is 10.8. The molecule has 2 heterocycles. The Kier molecular flexibility index (Phi) is 4.02. The van der Waals surface area contributed by atoms with E-state index in [0.29, 0.717) is 11.5 Å². The molecule has 0 amide bonds. The second kappa shape index (κ2) is 5.71. The molecule has 2 aromatic rings. The largest absolute Gasteiger partial charge is 0.392 e. The predicted octanol–water partition coefficient (Wildman–Crippen LogP) is 1.71. The summed E-state index contributed by atoms with van der Waals surface area (Å²) in [6, 6.07) is 5.45. The summed E-state index contributed by atoms with van der Waals surface area (Å²) in [4.78, 5) is 8.24. The maximum Gasteiger partial charge on any atom is 0.229 e. The third-order valence-electron chi connectivity index (χ3n) is 2.16. The Bertz CT molecular complexity index is 561. The number of nitriles is 1. The number of halogens is 1. The van der Waals surface area contributed by atoms with E-state index in [2.05, 4.69) is 31.1 Å². The summed E-state index contributed by atoms with van der Waals surface area (Å²) in [5.74, 6) is 0.652. The first-order valence-corrected chi connectivity index (χ1v) is 5.98. The van der Waals surface area contributed by atoms with Gasteiger partial charge in [0.2, 0.25) is 11.7 Å². The van der Waals surface area contributed by atoms with E-state index in [9.17, 15) is 5.11 Å². The first kappa shape index (κ1) is 12.7. The van der Waals surface area contributed by atoms with Gasteiger partial charge in [0, 0.05) is 10.7 Å². The quantitative estimate of drug-likeness (QED) is 0.923. The van der Waals surface area contributed by atoms with Crippen LogP contribution >= 0.6 is 15.9 Å². The average Bonchev–Trinajstić information content (AvgIpc) is 2.78. The molecular formula is C11H9BrN4O2. The van der Waals surface area contributed by atoms with E-state index in [0.717, 1.165) is 4.47 Å². The number of pyridine rings is 1. The van der Waals surface area contributed by atoms with Crippen molar-refractivity contribution in [2.24, 2.45) is 0 Å². The van der Waals surface area contributed by atoms with E-state index in [4.69, 9.17) is 9.78 Å². The molecule has 0 aliphatic heterocycles. The normalized spacial score (nSPS) is 12.1. The minimum absolute atomic E-state index is 0.0360. The van der Waals surface area contributed by atoms with Gasteiger partial charge in [-0.1, -0.05) is 5.16 Å². The van der Waals surface area contributed by atoms with Crippen molar-refractivity contribution in [3.05, 3.63) is 28.7 Å². The monoisotopic (exact) mass is 308 g/mol. The lowest BCUT2D eigenvalue weighted by atomic mass is 10.2. The molecule has 0 saturated heterocycles. The molecule has 0 spiro atoms. The molecule has 0 fully saturated rings. The van der Waals surface area contributed by atoms with Gasteiger partial charge in [0.15, 0.2) is 0 Å². The van der Waals surface area contributed by atoms with Gasteiger partial charge in [-0.2, -0.15) is 10.2 Å². The van der Waals surface area contributed by atoms with Crippen LogP contribution in [0.3, 0.4) is 0 Å². The van der Waals surface area contributed by atoms with Crippen LogP contribution in [0.25, 0.3) is 11.5 Å². The van der Waals surface area contributed by atoms with E-state index in [-0.39, 0.29) is 18.7 Å². The molecule has 1 N–H and O–H groups in total. The second-order valence-corrected chi connectivity index (χ2v) is 4.51. The van der Waals surface area contributed by atoms with Gasteiger partial charge in [-0.25, -0.2) is 0 Å². The molecule has 18 heavy (non-hydrogen) atoms. The molecule has 92 valence electrons. The van der Waals surface area contributed by atoms with Crippen LogP contribution in [0.1, 0.15) is 12.3 Å². The number of aliphatic hydroxyl groups is 1. The summed E-state index contributed by atoms with van der Waals surface area (Å²) >= 11 is 3.28. The molecule has 0 aromatic carbocycles. The van der Waals surface area contributed by atoms with Crippen molar-refractivity contribution in [1.29, 1.82) is 5.26 Å². The summed E-state index contributed by atoms with van der Waals surface area (Å²) in [6.07, 6.45) is 1.04. The Hall–Kier alpha value is -1.78. The predicted molar refractivity (Wildman–Crippen MR) is 65.2 cm³/mol. The molecule has 2 rings (SSSR count). The van der Waals surface area contributed by atoms with Crippen molar-refractivity contribution < 1.29 is 9.63 Å². The maximum atomic E-state index is 9.45. The fourth-order valence-corrected chi connectivity index (χ4v) is 1.56. The third kappa shape index (κ3) is 3.12. The minimum atomic E-state index is -0.791. The van der Waals surface area contributed by atoms with Gasteiger partial charge in [-0.05, 0) is 28.1 Å². The fourth-order valence-electron chi connectivity index (χ4n) is 1.33. The summed E-state index contributed by atoms with van der Waals surface area (Å²) < 4.78 is 5.84. The molecular weight excluding hydrogens is 300 g/mol. The number of aromatic nitrogens is 3. The van der Waals surface area contributed by atoms with Crippen LogP contribution in [-0.2, 0) is 6.42 Å². The highest BCUT2D eigenvalue weighted by Gasteiger charge is 2.13. The SMILES string of the molecule is N#CCC(O)Cc1nc(-c2ccc(Br)cn2)no1. The summed E-state index contributed by atoms with van der Waals surface area (Å²) in [5, 5.41) is 21.7. The Balaban J connectivity index is 2.11.